The molecule has 0 aliphatic carbocycles. The number of carbonyl (C=O) groups excluding carboxylic acids is 2. The minimum Gasteiger partial charge on any atom is -0.542 e. The van der Waals surface area contributed by atoms with Crippen LogP contribution in [-0.4, -0.2) is 47.8 Å². The summed E-state index contributed by atoms with van der Waals surface area (Å²) in [4.78, 5) is 28.4. The Morgan fingerprint density at radius 3 is 1.12 bits per heavy atom. The van der Waals surface area contributed by atoms with E-state index in [2.05, 4.69) is 20.6 Å². The summed E-state index contributed by atoms with van der Waals surface area (Å²) >= 11 is 0. The number of nitrogens with zero attached hydrogens (tertiary/aromatic N) is 2. The third-order valence-corrected chi connectivity index (χ3v) is 2.01. The van der Waals surface area contributed by atoms with E-state index in [0.29, 0.717) is 13.1 Å². The Bertz CT molecular complexity index is 434. The topological polar surface area (TPSA) is 129 Å². The number of aliphatic imine (C=N–C) groups is 2. The molecule has 0 saturated carbocycles. The standard InChI is InChI=1S/2C8H16N2O2.Co/c2*1-5-9-6(7(11)12)10-8(2,3)4;/h2*5H2,1-4H3,(H,9,10)(H,11,12);/q;;+2/p-2. The normalized spacial score (nSPS) is 12.3. The summed E-state index contributed by atoms with van der Waals surface area (Å²) in [6.07, 6.45) is 0. The summed E-state index contributed by atoms with van der Waals surface area (Å²) in [6.45, 7) is 15.6. The fraction of sp³-hybridized carbons (Fsp3) is 0.750. The van der Waals surface area contributed by atoms with Gasteiger partial charge in [0.05, 0.1) is 0 Å². The van der Waals surface area contributed by atoms with Crippen molar-refractivity contribution in [3.05, 3.63) is 0 Å². The number of amidine groups is 2. The molecule has 25 heavy (non-hydrogen) atoms. The van der Waals surface area contributed by atoms with Crippen LogP contribution in [0.2, 0.25) is 0 Å². The minimum absolute atomic E-state index is 0. The summed E-state index contributed by atoms with van der Waals surface area (Å²) in [5, 5.41) is 26.4. The zero-order valence-electron chi connectivity index (χ0n) is 16.3. The predicted molar refractivity (Wildman–Crippen MR) is 91.7 cm³/mol. The van der Waals surface area contributed by atoms with Crippen molar-refractivity contribution in [3.8, 4) is 0 Å². The van der Waals surface area contributed by atoms with Crippen molar-refractivity contribution in [2.45, 2.75) is 66.5 Å². The molecule has 0 aromatic carbocycles. The van der Waals surface area contributed by atoms with Gasteiger partial charge < -0.3 is 30.4 Å². The van der Waals surface area contributed by atoms with E-state index in [0.717, 1.165) is 0 Å². The van der Waals surface area contributed by atoms with Crippen LogP contribution in [0.4, 0.5) is 0 Å². The van der Waals surface area contributed by atoms with Gasteiger partial charge >= 0.3 is 16.8 Å². The number of aliphatic carboxylic acids is 2. The summed E-state index contributed by atoms with van der Waals surface area (Å²) in [6, 6.07) is 0. The zero-order valence-corrected chi connectivity index (χ0v) is 17.3. The Kier molecular flexibility index (Phi) is 14.3. The number of rotatable bonds is 2. The quantitative estimate of drug-likeness (QED) is 0.455. The van der Waals surface area contributed by atoms with Gasteiger partial charge in [0.15, 0.2) is 0 Å². The van der Waals surface area contributed by atoms with E-state index in [4.69, 9.17) is 0 Å². The molecule has 1 radical (unpaired) electrons. The van der Waals surface area contributed by atoms with Gasteiger partial charge in [-0.05, 0) is 55.4 Å². The predicted octanol–water partition coefficient (Wildman–Crippen LogP) is -0.917. The van der Waals surface area contributed by atoms with Crippen LogP contribution < -0.4 is 20.8 Å². The second-order valence-corrected chi connectivity index (χ2v) is 6.97. The van der Waals surface area contributed by atoms with Crippen molar-refractivity contribution in [1.82, 2.24) is 10.6 Å². The number of hydrogen-bond donors (Lipinski definition) is 2. The number of nitrogens with one attached hydrogen (secondary N) is 2. The molecular formula is C16H30CoN4O4. The minimum atomic E-state index is -1.26. The van der Waals surface area contributed by atoms with Gasteiger partial charge in [-0.1, -0.05) is 0 Å². The molecule has 0 aliphatic heterocycles. The van der Waals surface area contributed by atoms with E-state index in [9.17, 15) is 19.8 Å². The summed E-state index contributed by atoms with van der Waals surface area (Å²) in [5.74, 6) is -2.67. The maximum Gasteiger partial charge on any atom is 2.00 e. The maximum absolute atomic E-state index is 10.5. The summed E-state index contributed by atoms with van der Waals surface area (Å²) in [5.41, 5.74) is -0.595. The second-order valence-electron chi connectivity index (χ2n) is 6.97. The van der Waals surface area contributed by atoms with Gasteiger partial charge in [0, 0.05) is 24.2 Å². The maximum atomic E-state index is 10.5. The summed E-state index contributed by atoms with van der Waals surface area (Å²) in [7, 11) is 0. The van der Waals surface area contributed by atoms with Crippen LogP contribution in [0.15, 0.2) is 9.98 Å². The number of carbonyl (C=O) groups is 2. The SMILES string of the molecule is CCN=C(NC(C)(C)C)C(=O)[O-].CCN=C(NC(C)(C)C)C(=O)[O-].[Co+2]. The Labute approximate surface area is 160 Å². The average molecular weight is 401 g/mol. The van der Waals surface area contributed by atoms with Crippen LogP contribution in [0.25, 0.3) is 0 Å². The van der Waals surface area contributed by atoms with E-state index in [1.54, 1.807) is 13.8 Å². The first-order valence-electron chi connectivity index (χ1n) is 7.81. The molecule has 0 amide bonds. The molecule has 0 aliphatic rings. The third kappa shape index (κ3) is 18.6. The first-order chi connectivity index (χ1) is 10.7. The molecule has 0 spiro atoms. The molecule has 9 heteroatoms. The van der Waals surface area contributed by atoms with Gasteiger partial charge in [-0.15, -0.1) is 0 Å². The molecule has 0 aromatic heterocycles. The molecule has 0 rings (SSSR count). The van der Waals surface area contributed by atoms with Crippen molar-refractivity contribution in [2.24, 2.45) is 9.98 Å². The summed E-state index contributed by atoms with van der Waals surface area (Å²) < 4.78 is 0. The Morgan fingerprint density at radius 2 is 1.00 bits per heavy atom. The second kappa shape index (κ2) is 12.7. The molecule has 0 heterocycles. The van der Waals surface area contributed by atoms with Gasteiger partial charge in [-0.25, -0.2) is 0 Å². The number of carboxylic acids is 2. The van der Waals surface area contributed by atoms with Gasteiger partial charge in [-0.2, -0.15) is 0 Å². The molecular weight excluding hydrogens is 371 g/mol. The number of carboxylic acid groups (broad SMARTS) is 2. The Morgan fingerprint density at radius 1 is 0.760 bits per heavy atom. The van der Waals surface area contributed by atoms with Gasteiger partial charge in [0.2, 0.25) is 0 Å². The van der Waals surface area contributed by atoms with E-state index in [1.165, 1.54) is 0 Å². The fourth-order valence-corrected chi connectivity index (χ4v) is 1.34. The number of hydrogen-bond acceptors (Lipinski definition) is 6. The molecule has 0 unspecified atom stereocenters. The van der Waals surface area contributed by atoms with Crippen LogP contribution in [0.3, 0.4) is 0 Å². The van der Waals surface area contributed by atoms with Gasteiger partial charge in [0.25, 0.3) is 0 Å². The monoisotopic (exact) mass is 401 g/mol. The molecule has 8 nitrogen and oxygen atoms in total. The van der Waals surface area contributed by atoms with Crippen LogP contribution >= 0.6 is 0 Å². The van der Waals surface area contributed by atoms with Crippen LogP contribution in [0, 0.1) is 0 Å². The van der Waals surface area contributed by atoms with Crippen molar-refractivity contribution >= 4 is 23.6 Å². The van der Waals surface area contributed by atoms with E-state index >= 15 is 0 Å². The van der Waals surface area contributed by atoms with Crippen LogP contribution in [0.1, 0.15) is 55.4 Å². The molecule has 0 aromatic rings. The average Bonchev–Trinajstić information content (AvgIpc) is 2.35. The van der Waals surface area contributed by atoms with Gasteiger partial charge in [0.1, 0.15) is 23.6 Å². The first kappa shape index (κ1) is 28.2. The zero-order chi connectivity index (χ0) is 19.6. The Hall–Kier alpha value is -1.61. The van der Waals surface area contributed by atoms with Crippen molar-refractivity contribution in [1.29, 1.82) is 0 Å². The largest absolute Gasteiger partial charge is 2.00 e. The first-order valence-corrected chi connectivity index (χ1v) is 7.81. The van der Waals surface area contributed by atoms with Crippen LogP contribution in [-0.2, 0) is 26.4 Å². The molecule has 2 N–H and O–H groups in total. The van der Waals surface area contributed by atoms with E-state index in [-0.39, 0.29) is 39.5 Å². The van der Waals surface area contributed by atoms with E-state index < -0.39 is 11.9 Å². The molecule has 0 fully saturated rings. The van der Waals surface area contributed by atoms with Crippen molar-refractivity contribution in [2.75, 3.05) is 13.1 Å². The fourth-order valence-electron chi connectivity index (χ4n) is 1.34. The van der Waals surface area contributed by atoms with Gasteiger partial charge in [-0.3, -0.25) is 9.98 Å². The molecule has 0 atom stereocenters. The smallest absolute Gasteiger partial charge is 0.542 e. The molecule has 0 bridgehead atoms. The molecule has 147 valence electrons. The molecule has 0 saturated heterocycles. The van der Waals surface area contributed by atoms with Crippen molar-refractivity contribution in [3.63, 3.8) is 0 Å². The Balaban J connectivity index is -0.000000372. The van der Waals surface area contributed by atoms with Crippen LogP contribution in [0.5, 0.6) is 0 Å². The van der Waals surface area contributed by atoms with Crippen molar-refractivity contribution < 1.29 is 36.6 Å². The third-order valence-electron chi connectivity index (χ3n) is 2.01. The van der Waals surface area contributed by atoms with E-state index in [1.807, 2.05) is 41.5 Å².